The van der Waals surface area contributed by atoms with E-state index in [4.69, 9.17) is 28.3 Å². The molecule has 0 radical (unpaired) electrons. The first kappa shape index (κ1) is 23.2. The number of hydrogen-bond acceptors (Lipinski definition) is 6. The van der Waals surface area contributed by atoms with Crippen molar-refractivity contribution >= 4 is 57.5 Å². The number of benzene rings is 3. The minimum absolute atomic E-state index is 0.0625. The Hall–Kier alpha value is -3.52. The molecule has 1 unspecified atom stereocenters. The second-order valence-corrected chi connectivity index (χ2v) is 9.50. The van der Waals surface area contributed by atoms with E-state index in [1.807, 2.05) is 71.7 Å². The van der Waals surface area contributed by atoms with Gasteiger partial charge >= 0.3 is 0 Å². The van der Waals surface area contributed by atoms with Gasteiger partial charge in [-0.2, -0.15) is 10.2 Å². The smallest absolute Gasteiger partial charge is 0.266 e. The first-order valence-electron chi connectivity index (χ1n) is 10.8. The first-order valence-corrected chi connectivity index (χ1v) is 12.4. The molecule has 1 aromatic heterocycles. The molecule has 1 atom stereocenters. The monoisotopic (exact) mass is 519 g/mol. The zero-order chi connectivity index (χ0) is 24.2. The highest BCUT2D eigenvalue weighted by molar-refractivity contribution is 7.14. The number of aromatic nitrogens is 1. The van der Waals surface area contributed by atoms with Gasteiger partial charge in [-0.25, -0.2) is 15.4 Å². The highest BCUT2D eigenvalue weighted by Crippen LogP contribution is 2.38. The molecule has 0 saturated carbocycles. The van der Waals surface area contributed by atoms with Crippen molar-refractivity contribution in [3.63, 3.8) is 0 Å². The van der Waals surface area contributed by atoms with Crippen LogP contribution in [0.5, 0.6) is 0 Å². The van der Waals surface area contributed by atoms with E-state index in [9.17, 15) is 4.79 Å². The lowest BCUT2D eigenvalue weighted by atomic mass is 9.99. The molecule has 4 aromatic rings. The van der Waals surface area contributed by atoms with E-state index in [1.54, 1.807) is 23.7 Å². The number of amides is 1. The van der Waals surface area contributed by atoms with E-state index in [0.29, 0.717) is 21.6 Å². The van der Waals surface area contributed by atoms with Gasteiger partial charge in [-0.05, 0) is 41.0 Å². The maximum absolute atomic E-state index is 12.6. The van der Waals surface area contributed by atoms with E-state index < -0.39 is 5.91 Å². The summed E-state index contributed by atoms with van der Waals surface area (Å²) in [7, 11) is 0. The lowest BCUT2D eigenvalue weighted by Crippen LogP contribution is -2.20. The van der Waals surface area contributed by atoms with Crippen LogP contribution < -0.4 is 10.4 Å². The summed E-state index contributed by atoms with van der Waals surface area (Å²) in [4.78, 5) is 17.2. The Morgan fingerprint density at radius 1 is 1.00 bits per heavy atom. The molecule has 6 nitrogen and oxygen atoms in total. The van der Waals surface area contributed by atoms with Crippen LogP contribution in [0.2, 0.25) is 10.0 Å². The Morgan fingerprint density at radius 2 is 1.69 bits per heavy atom. The van der Waals surface area contributed by atoms with Crippen molar-refractivity contribution in [2.75, 3.05) is 5.01 Å². The number of rotatable bonds is 6. The van der Waals surface area contributed by atoms with Gasteiger partial charge in [0.05, 0.1) is 18.0 Å². The Labute approximate surface area is 216 Å². The van der Waals surface area contributed by atoms with E-state index in [1.165, 1.54) is 11.3 Å². The Bertz CT molecular complexity index is 1390. The molecule has 5 rings (SSSR count). The first-order chi connectivity index (χ1) is 17.1. The number of hydrogen-bond donors (Lipinski definition) is 1. The molecule has 35 heavy (non-hydrogen) atoms. The van der Waals surface area contributed by atoms with Gasteiger partial charge in [0.1, 0.15) is 5.69 Å². The zero-order valence-corrected chi connectivity index (χ0v) is 20.6. The number of halogens is 2. The normalized spacial score (nSPS) is 15.4. The quantitative estimate of drug-likeness (QED) is 0.231. The van der Waals surface area contributed by atoms with Crippen LogP contribution in [0, 0.1) is 0 Å². The molecule has 2 heterocycles. The third-order valence-electron chi connectivity index (χ3n) is 5.44. The average Bonchev–Trinajstić information content (AvgIpc) is 3.54. The third-order valence-corrected chi connectivity index (χ3v) is 6.78. The molecule has 1 aliphatic heterocycles. The number of nitrogens with one attached hydrogen (secondary N) is 1. The van der Waals surface area contributed by atoms with E-state index in [2.05, 4.69) is 15.5 Å². The largest absolute Gasteiger partial charge is 0.290 e. The fourth-order valence-corrected chi connectivity index (χ4v) is 4.74. The third kappa shape index (κ3) is 5.43. The molecule has 0 saturated heterocycles. The summed E-state index contributed by atoms with van der Waals surface area (Å²) in [5.74, 6) is -0.396. The highest BCUT2D eigenvalue weighted by Gasteiger charge is 2.32. The van der Waals surface area contributed by atoms with Crippen molar-refractivity contribution in [1.29, 1.82) is 0 Å². The summed E-state index contributed by atoms with van der Waals surface area (Å²) >= 11 is 13.4. The lowest BCUT2D eigenvalue weighted by molar-refractivity contribution is 0.0951. The van der Waals surface area contributed by atoms with E-state index >= 15 is 0 Å². The molecule has 3 aromatic carbocycles. The van der Waals surface area contributed by atoms with Gasteiger partial charge in [-0.1, -0.05) is 77.8 Å². The van der Waals surface area contributed by atoms with Gasteiger partial charge in [0.25, 0.3) is 5.91 Å². The fraction of sp³-hybridized carbons (Fsp3) is 0.0769. The van der Waals surface area contributed by atoms with Gasteiger partial charge in [-0.3, -0.25) is 4.79 Å². The molecular formula is C26H19Cl2N5OS. The van der Waals surface area contributed by atoms with Crippen molar-refractivity contribution in [1.82, 2.24) is 10.4 Å². The maximum atomic E-state index is 12.6. The predicted octanol–water partition coefficient (Wildman–Crippen LogP) is 6.57. The number of carbonyl (C=O) groups is 1. The number of hydrazone groups is 2. The highest BCUT2D eigenvalue weighted by atomic mass is 35.5. The second kappa shape index (κ2) is 10.4. The molecule has 9 heteroatoms. The maximum Gasteiger partial charge on any atom is 0.290 e. The Balaban J connectivity index is 1.37. The van der Waals surface area contributed by atoms with Crippen LogP contribution >= 0.6 is 34.5 Å². The van der Waals surface area contributed by atoms with Gasteiger partial charge in [-0.15, -0.1) is 11.3 Å². The summed E-state index contributed by atoms with van der Waals surface area (Å²) in [5, 5.41) is 14.4. The summed E-state index contributed by atoms with van der Waals surface area (Å²) in [6, 6.07) is 24.9. The fourth-order valence-electron chi connectivity index (χ4n) is 3.68. The van der Waals surface area contributed by atoms with Gasteiger partial charge in [0.15, 0.2) is 0 Å². The van der Waals surface area contributed by atoms with Gasteiger partial charge in [0, 0.05) is 21.8 Å². The lowest BCUT2D eigenvalue weighted by Gasteiger charge is -2.21. The molecule has 0 aliphatic carbocycles. The van der Waals surface area contributed by atoms with Crippen molar-refractivity contribution in [3.8, 4) is 0 Å². The Morgan fingerprint density at radius 3 is 2.40 bits per heavy atom. The predicted molar refractivity (Wildman–Crippen MR) is 143 cm³/mol. The van der Waals surface area contributed by atoms with Crippen LogP contribution in [0.1, 0.15) is 39.6 Å². The molecule has 174 valence electrons. The second-order valence-electron chi connectivity index (χ2n) is 7.79. The molecule has 1 aliphatic rings. The summed E-state index contributed by atoms with van der Waals surface area (Å²) in [6.45, 7) is 0. The van der Waals surface area contributed by atoms with Crippen LogP contribution in [0.15, 0.2) is 94.4 Å². The number of nitrogens with zero attached hydrogens (tertiary/aromatic N) is 4. The standard InChI is InChI=1S/C26H19Cl2N5OS/c27-20-10-6-17(7-11-20)15-29-31-25(34)23-16-35-26(30-23)33-24(19-8-12-21(28)13-9-19)14-22(32-33)18-4-2-1-3-5-18/h1-13,15-16,24H,14H2,(H,31,34)/b29-15+. The van der Waals surface area contributed by atoms with Gasteiger partial charge < -0.3 is 0 Å². The minimum Gasteiger partial charge on any atom is -0.266 e. The molecular weight excluding hydrogens is 501 g/mol. The van der Waals surface area contributed by atoms with Crippen molar-refractivity contribution in [2.45, 2.75) is 12.5 Å². The minimum atomic E-state index is -0.396. The average molecular weight is 520 g/mol. The molecule has 0 spiro atoms. The summed E-state index contributed by atoms with van der Waals surface area (Å²) in [6.07, 6.45) is 2.26. The number of anilines is 1. The van der Waals surface area contributed by atoms with Crippen LogP contribution in [-0.2, 0) is 0 Å². The molecule has 1 amide bonds. The van der Waals surface area contributed by atoms with Gasteiger partial charge in [0.2, 0.25) is 5.13 Å². The van der Waals surface area contributed by atoms with Crippen molar-refractivity contribution in [2.24, 2.45) is 10.2 Å². The topological polar surface area (TPSA) is 70.0 Å². The van der Waals surface area contributed by atoms with Crippen LogP contribution in [0.4, 0.5) is 5.13 Å². The van der Waals surface area contributed by atoms with Crippen molar-refractivity contribution < 1.29 is 4.79 Å². The molecule has 0 fully saturated rings. The molecule has 0 bridgehead atoms. The van der Waals surface area contributed by atoms with Crippen molar-refractivity contribution in [3.05, 3.63) is 117 Å². The SMILES string of the molecule is O=C(N/N=C/c1ccc(Cl)cc1)c1csc(N2N=C(c3ccccc3)CC2c2ccc(Cl)cc2)n1. The summed E-state index contributed by atoms with van der Waals surface area (Å²) < 4.78 is 0. The number of thiazole rings is 1. The zero-order valence-electron chi connectivity index (χ0n) is 18.3. The Kier molecular flexibility index (Phi) is 6.90. The summed E-state index contributed by atoms with van der Waals surface area (Å²) in [5.41, 5.74) is 6.70. The number of carbonyl (C=O) groups excluding carboxylic acids is 1. The van der Waals surface area contributed by atoms with Crippen LogP contribution in [-0.4, -0.2) is 22.8 Å². The molecule has 1 N–H and O–H groups in total. The van der Waals surface area contributed by atoms with E-state index in [-0.39, 0.29) is 11.7 Å². The van der Waals surface area contributed by atoms with Crippen LogP contribution in [0.25, 0.3) is 0 Å². The van der Waals surface area contributed by atoms with Crippen LogP contribution in [0.3, 0.4) is 0 Å². The van der Waals surface area contributed by atoms with E-state index in [0.717, 1.165) is 22.4 Å².